The van der Waals surface area contributed by atoms with Gasteiger partial charge in [-0.2, -0.15) is 0 Å². The molecular formula is C32H23F2N3O8. The third-order valence-corrected chi connectivity index (χ3v) is 8.36. The minimum absolute atomic E-state index is 0.0942. The molecule has 0 bridgehead atoms. The number of halogens is 2. The van der Waals surface area contributed by atoms with E-state index in [0.29, 0.717) is 22.4 Å². The van der Waals surface area contributed by atoms with Gasteiger partial charge < -0.3 is 24.1 Å². The highest BCUT2D eigenvalue weighted by Gasteiger charge is 2.57. The van der Waals surface area contributed by atoms with Gasteiger partial charge in [-0.05, 0) is 47.9 Å². The molecule has 4 amide bonds. The maximum atomic E-state index is 15.6. The number of carbonyl (C=O) groups is 5. The molecule has 3 aliphatic rings. The Bertz CT molecular complexity index is 1970. The number of benzene rings is 3. The summed E-state index contributed by atoms with van der Waals surface area (Å²) >= 11 is 0. The Morgan fingerprint density at radius 1 is 0.978 bits per heavy atom. The number of ketones is 1. The van der Waals surface area contributed by atoms with Crippen molar-refractivity contribution in [3.05, 3.63) is 99.8 Å². The minimum atomic E-state index is -2.13. The number of nitrogens with zero attached hydrogens (tertiary/aromatic N) is 2. The molecule has 2 aliphatic heterocycles. The van der Waals surface area contributed by atoms with Gasteiger partial charge in [-0.25, -0.2) is 23.3 Å². The minimum Gasteiger partial charge on any atom is -0.494 e. The fourth-order valence-corrected chi connectivity index (χ4v) is 6.12. The Morgan fingerprint density at radius 2 is 1.76 bits per heavy atom. The summed E-state index contributed by atoms with van der Waals surface area (Å²) < 4.78 is 46.8. The Balaban J connectivity index is 1.28. The molecule has 7 rings (SSSR count). The highest BCUT2D eigenvalue weighted by molar-refractivity contribution is 6.09. The normalized spacial score (nSPS) is 18.9. The SMILES string of the molecule is COc1ccc2c(c1F)C(=O)N(C[C@@]1(c3cc4cc5c(c(F)c4o3)C(=O)CC5)NC(=O)N(COC(=O)c3ccccc3)C1=O)C2. The standard InChI is InChI=1S/C32H23F2N3O8/c1-43-21-10-8-18-13-36(28(39)24(18)25(21)33)14-32(22-12-19-11-17-7-9-20(38)23(17)26(34)27(19)45-22)30(41)37(31(42)35-32)15-44-29(40)16-5-3-2-4-6-16/h2-6,8,10-12H,7,9,13-15H2,1H3,(H,35,42)/t32-/m0/s1. The number of amides is 4. The summed E-state index contributed by atoms with van der Waals surface area (Å²) in [5.74, 6) is -5.06. The molecule has 1 fully saturated rings. The molecule has 3 heterocycles. The van der Waals surface area contributed by atoms with Gasteiger partial charge in [-0.1, -0.05) is 24.3 Å². The van der Waals surface area contributed by atoms with Crippen molar-refractivity contribution in [2.75, 3.05) is 20.4 Å². The second-order valence-corrected chi connectivity index (χ2v) is 10.9. The zero-order valence-corrected chi connectivity index (χ0v) is 23.6. The van der Waals surface area contributed by atoms with Crippen LogP contribution >= 0.6 is 0 Å². The summed E-state index contributed by atoms with van der Waals surface area (Å²) in [6.07, 6.45) is 0.484. The molecule has 11 nitrogen and oxygen atoms in total. The van der Waals surface area contributed by atoms with E-state index in [1.54, 1.807) is 24.3 Å². The van der Waals surface area contributed by atoms with Crippen molar-refractivity contribution in [3.8, 4) is 5.75 Å². The molecule has 13 heteroatoms. The van der Waals surface area contributed by atoms with Gasteiger partial charge in [0.1, 0.15) is 5.76 Å². The molecule has 0 radical (unpaired) electrons. The van der Waals surface area contributed by atoms with Crippen LogP contribution in [0.1, 0.15) is 54.4 Å². The van der Waals surface area contributed by atoms with E-state index in [0.717, 1.165) is 4.90 Å². The number of furan rings is 1. The molecule has 0 unspecified atom stereocenters. The van der Waals surface area contributed by atoms with Crippen LogP contribution in [-0.2, 0) is 28.0 Å². The number of carbonyl (C=O) groups excluding carboxylic acids is 5. The summed E-state index contributed by atoms with van der Waals surface area (Å²) in [4.78, 5) is 67.6. The van der Waals surface area contributed by atoms with Crippen molar-refractivity contribution in [2.24, 2.45) is 0 Å². The predicted molar refractivity (Wildman–Crippen MR) is 150 cm³/mol. The van der Waals surface area contributed by atoms with Gasteiger partial charge in [-0.15, -0.1) is 0 Å². The van der Waals surface area contributed by atoms with E-state index < -0.39 is 54.3 Å². The molecule has 0 saturated carbocycles. The second kappa shape index (κ2) is 10.3. The number of hydrogen-bond acceptors (Lipinski definition) is 8. The lowest BCUT2D eigenvalue weighted by molar-refractivity contribution is -0.135. The monoisotopic (exact) mass is 615 g/mol. The van der Waals surface area contributed by atoms with Gasteiger partial charge in [0, 0.05) is 18.4 Å². The predicted octanol–water partition coefficient (Wildman–Crippen LogP) is 4.07. The number of imide groups is 1. The van der Waals surface area contributed by atoms with E-state index in [1.807, 2.05) is 0 Å². The van der Waals surface area contributed by atoms with Crippen molar-refractivity contribution < 1.29 is 46.6 Å². The molecule has 4 aromatic rings. The van der Waals surface area contributed by atoms with Crippen LogP contribution in [0.15, 0.2) is 59.0 Å². The molecule has 3 aromatic carbocycles. The van der Waals surface area contributed by atoms with Crippen molar-refractivity contribution >= 4 is 40.6 Å². The molecule has 228 valence electrons. The van der Waals surface area contributed by atoms with E-state index in [-0.39, 0.29) is 57.9 Å². The fourth-order valence-electron chi connectivity index (χ4n) is 6.12. The highest BCUT2D eigenvalue weighted by atomic mass is 19.1. The summed E-state index contributed by atoms with van der Waals surface area (Å²) in [5, 5.41) is 2.79. The molecule has 1 saturated heterocycles. The van der Waals surface area contributed by atoms with Crippen LogP contribution in [0.25, 0.3) is 11.0 Å². The molecule has 1 aliphatic carbocycles. The summed E-state index contributed by atoms with van der Waals surface area (Å²) in [6.45, 7) is -1.45. The summed E-state index contributed by atoms with van der Waals surface area (Å²) in [7, 11) is 1.26. The number of Topliss-reactive ketones (excluding diaryl/α,β-unsaturated/α-hetero) is 1. The highest BCUT2D eigenvalue weighted by Crippen LogP contribution is 2.40. The zero-order chi connectivity index (χ0) is 31.6. The average molecular weight is 616 g/mol. The Labute approximate surface area is 253 Å². The van der Waals surface area contributed by atoms with Crippen LogP contribution in [-0.4, -0.2) is 59.8 Å². The third kappa shape index (κ3) is 4.25. The van der Waals surface area contributed by atoms with Crippen LogP contribution in [0.4, 0.5) is 13.6 Å². The fraction of sp³-hybridized carbons (Fsp3) is 0.219. The lowest BCUT2D eigenvalue weighted by Gasteiger charge is -2.29. The van der Waals surface area contributed by atoms with Gasteiger partial charge >= 0.3 is 12.0 Å². The smallest absolute Gasteiger partial charge is 0.339 e. The summed E-state index contributed by atoms with van der Waals surface area (Å²) in [5.41, 5.74) is -1.79. The van der Waals surface area contributed by atoms with Crippen LogP contribution in [0.5, 0.6) is 5.75 Å². The molecule has 1 atom stereocenters. The third-order valence-electron chi connectivity index (χ3n) is 8.36. The number of nitrogens with one attached hydrogen (secondary N) is 1. The van der Waals surface area contributed by atoms with Crippen LogP contribution < -0.4 is 10.1 Å². The number of esters is 1. The van der Waals surface area contributed by atoms with Crippen LogP contribution in [0.2, 0.25) is 0 Å². The molecule has 1 aromatic heterocycles. The Morgan fingerprint density at radius 3 is 2.51 bits per heavy atom. The van der Waals surface area contributed by atoms with Gasteiger partial charge in [-0.3, -0.25) is 14.4 Å². The van der Waals surface area contributed by atoms with Gasteiger partial charge in [0.05, 0.1) is 30.3 Å². The first-order chi connectivity index (χ1) is 21.6. The van der Waals surface area contributed by atoms with E-state index in [1.165, 1.54) is 37.4 Å². The van der Waals surface area contributed by atoms with Crippen molar-refractivity contribution in [3.63, 3.8) is 0 Å². The quantitative estimate of drug-likeness (QED) is 0.243. The average Bonchev–Trinajstić information content (AvgIpc) is 3.77. The molecule has 1 N–H and O–H groups in total. The largest absolute Gasteiger partial charge is 0.494 e. The number of hydrogen-bond donors (Lipinski definition) is 1. The van der Waals surface area contributed by atoms with Gasteiger partial charge in [0.25, 0.3) is 11.8 Å². The number of urea groups is 1. The van der Waals surface area contributed by atoms with Gasteiger partial charge in [0.15, 0.2) is 41.0 Å². The van der Waals surface area contributed by atoms with Crippen molar-refractivity contribution in [2.45, 2.75) is 24.9 Å². The van der Waals surface area contributed by atoms with E-state index in [4.69, 9.17) is 13.9 Å². The number of aryl methyl sites for hydroxylation is 1. The number of fused-ring (bicyclic) bond motifs is 3. The van der Waals surface area contributed by atoms with Gasteiger partial charge in [0.2, 0.25) is 0 Å². The molecule has 45 heavy (non-hydrogen) atoms. The Kier molecular flexibility index (Phi) is 6.42. The van der Waals surface area contributed by atoms with E-state index in [9.17, 15) is 24.0 Å². The lowest BCUT2D eigenvalue weighted by atomic mass is 9.94. The first kappa shape index (κ1) is 28.2. The Hall–Kier alpha value is -5.59. The number of methoxy groups -OCH3 is 1. The number of ether oxygens (including phenoxy) is 2. The maximum absolute atomic E-state index is 15.6. The van der Waals surface area contributed by atoms with Crippen LogP contribution in [0, 0.1) is 11.6 Å². The first-order valence-electron chi connectivity index (χ1n) is 13.9. The van der Waals surface area contributed by atoms with E-state index >= 15 is 8.78 Å². The van der Waals surface area contributed by atoms with Crippen molar-refractivity contribution in [1.29, 1.82) is 0 Å². The maximum Gasteiger partial charge on any atom is 0.339 e. The lowest BCUT2D eigenvalue weighted by Crippen LogP contribution is -2.52. The first-order valence-corrected chi connectivity index (χ1v) is 13.9. The van der Waals surface area contributed by atoms with Crippen molar-refractivity contribution in [1.82, 2.24) is 15.1 Å². The molecule has 0 spiro atoms. The zero-order valence-electron chi connectivity index (χ0n) is 23.6. The summed E-state index contributed by atoms with van der Waals surface area (Å²) in [6, 6.07) is 12.8. The molecular weight excluding hydrogens is 592 g/mol. The number of rotatable bonds is 7. The topological polar surface area (TPSA) is 135 Å². The van der Waals surface area contributed by atoms with E-state index in [2.05, 4.69) is 5.32 Å². The second-order valence-electron chi connectivity index (χ2n) is 10.9. The van der Waals surface area contributed by atoms with Crippen LogP contribution in [0.3, 0.4) is 0 Å².